The number of hydrogen-bond acceptors (Lipinski definition) is 2. The van der Waals surface area contributed by atoms with Gasteiger partial charge in [-0.3, -0.25) is 4.98 Å². The molecule has 1 aromatic heterocycles. The Balaban J connectivity index is 2.86. The summed E-state index contributed by atoms with van der Waals surface area (Å²) in [6.07, 6.45) is 2.25. The summed E-state index contributed by atoms with van der Waals surface area (Å²) in [7, 11) is 0. The highest BCUT2D eigenvalue weighted by Crippen LogP contribution is 2.34. The van der Waals surface area contributed by atoms with Crippen molar-refractivity contribution in [3.8, 4) is 0 Å². The first-order valence-electron chi connectivity index (χ1n) is 4.38. The van der Waals surface area contributed by atoms with E-state index in [0.717, 1.165) is 0 Å². The van der Waals surface area contributed by atoms with E-state index in [2.05, 4.69) is 4.98 Å². The molecule has 0 unspecified atom stereocenters. The summed E-state index contributed by atoms with van der Waals surface area (Å²) in [5, 5.41) is 0. The molecule has 0 saturated carbocycles. The number of pyridine rings is 1. The van der Waals surface area contributed by atoms with Gasteiger partial charge < -0.3 is 5.73 Å². The molecular weight excluding hydrogens is 186 g/mol. The second kappa shape index (κ2) is 3.61. The molecule has 0 radical (unpaired) electrons. The van der Waals surface area contributed by atoms with E-state index in [1.807, 2.05) is 0 Å². The fraction of sp³-hybridized carbons (Fsp3) is 0.500. The molecule has 2 N–H and O–H groups in total. The summed E-state index contributed by atoms with van der Waals surface area (Å²) in [6.45, 7) is 3.16. The van der Waals surface area contributed by atoms with E-state index >= 15 is 0 Å². The Labute approximate surface area is 82.1 Å². The Hall–Kier alpha value is -1.03. The van der Waals surface area contributed by atoms with Crippen LogP contribution in [0.15, 0.2) is 24.5 Å². The van der Waals surface area contributed by atoms with Gasteiger partial charge in [0.05, 0.1) is 0 Å². The van der Waals surface area contributed by atoms with Crippen molar-refractivity contribution in [1.29, 1.82) is 0 Å². The smallest absolute Gasteiger partial charge is 0.276 e. The van der Waals surface area contributed by atoms with Crippen LogP contribution in [0.2, 0.25) is 0 Å². The van der Waals surface area contributed by atoms with Crippen molar-refractivity contribution in [2.75, 3.05) is 0 Å². The van der Waals surface area contributed by atoms with Gasteiger partial charge in [-0.25, -0.2) is 8.78 Å². The number of nitrogens with zero attached hydrogens (tertiary/aromatic N) is 1. The van der Waals surface area contributed by atoms with E-state index in [1.165, 1.54) is 24.5 Å². The summed E-state index contributed by atoms with van der Waals surface area (Å²) >= 11 is 0. The summed E-state index contributed by atoms with van der Waals surface area (Å²) in [6, 6.07) is 2.85. The van der Waals surface area contributed by atoms with Gasteiger partial charge in [-0.1, -0.05) is 0 Å². The molecule has 1 heterocycles. The molecule has 78 valence electrons. The van der Waals surface area contributed by atoms with E-state index in [-0.39, 0.29) is 12.0 Å². The predicted molar refractivity (Wildman–Crippen MR) is 51.0 cm³/mol. The minimum atomic E-state index is -2.91. The lowest BCUT2D eigenvalue weighted by Gasteiger charge is -2.25. The van der Waals surface area contributed by atoms with Crippen molar-refractivity contribution in [2.24, 2.45) is 5.73 Å². The maximum atomic E-state index is 13.5. The molecule has 1 aromatic rings. The minimum Gasteiger partial charge on any atom is -0.325 e. The molecule has 0 saturated heterocycles. The Morgan fingerprint density at radius 1 is 1.43 bits per heavy atom. The Bertz CT molecular complexity index is 291. The molecule has 0 fully saturated rings. The van der Waals surface area contributed by atoms with Crippen LogP contribution >= 0.6 is 0 Å². The highest BCUT2D eigenvalue weighted by atomic mass is 19.3. The van der Waals surface area contributed by atoms with Gasteiger partial charge >= 0.3 is 0 Å². The van der Waals surface area contributed by atoms with Crippen molar-refractivity contribution in [3.05, 3.63) is 30.1 Å². The molecule has 1 rings (SSSR count). The molecule has 0 spiro atoms. The van der Waals surface area contributed by atoms with Crippen molar-refractivity contribution in [3.63, 3.8) is 0 Å². The Morgan fingerprint density at radius 2 is 2.07 bits per heavy atom. The van der Waals surface area contributed by atoms with Crippen molar-refractivity contribution in [1.82, 2.24) is 4.98 Å². The molecular formula is C10H14F2N2. The van der Waals surface area contributed by atoms with Gasteiger partial charge in [-0.05, 0) is 26.0 Å². The zero-order valence-corrected chi connectivity index (χ0v) is 8.30. The zero-order chi connectivity index (χ0) is 10.8. The van der Waals surface area contributed by atoms with Crippen LogP contribution in [0, 0.1) is 0 Å². The minimum absolute atomic E-state index is 0.0847. The number of aromatic nitrogens is 1. The summed E-state index contributed by atoms with van der Waals surface area (Å²) in [5.74, 6) is -2.91. The van der Waals surface area contributed by atoms with Gasteiger partial charge in [0.15, 0.2) is 0 Å². The third-order valence-electron chi connectivity index (χ3n) is 1.76. The molecule has 0 bridgehead atoms. The van der Waals surface area contributed by atoms with E-state index in [1.54, 1.807) is 13.8 Å². The SMILES string of the molecule is CC(C)(N)CC(F)(F)c1cccnc1. The fourth-order valence-corrected chi connectivity index (χ4v) is 1.25. The van der Waals surface area contributed by atoms with E-state index < -0.39 is 11.5 Å². The molecule has 4 heteroatoms. The summed E-state index contributed by atoms with van der Waals surface area (Å²) < 4.78 is 27.1. The molecule has 0 aliphatic carbocycles. The summed E-state index contributed by atoms with van der Waals surface area (Å²) in [4.78, 5) is 3.66. The average Bonchev–Trinajstić information content (AvgIpc) is 2.01. The first kappa shape index (κ1) is 11.0. The normalized spacial score (nSPS) is 12.9. The Kier molecular flexibility index (Phi) is 2.85. The van der Waals surface area contributed by atoms with Gasteiger partial charge in [-0.15, -0.1) is 0 Å². The van der Waals surface area contributed by atoms with E-state index in [9.17, 15) is 8.78 Å². The number of alkyl halides is 2. The van der Waals surface area contributed by atoms with E-state index in [4.69, 9.17) is 5.73 Å². The zero-order valence-electron chi connectivity index (χ0n) is 8.30. The highest BCUT2D eigenvalue weighted by Gasteiger charge is 2.36. The van der Waals surface area contributed by atoms with Gasteiger partial charge in [0.1, 0.15) is 0 Å². The molecule has 0 aliphatic heterocycles. The van der Waals surface area contributed by atoms with Crippen LogP contribution in [-0.2, 0) is 5.92 Å². The van der Waals surface area contributed by atoms with Gasteiger partial charge in [0.25, 0.3) is 5.92 Å². The van der Waals surface area contributed by atoms with Gasteiger partial charge in [0, 0.05) is 29.9 Å². The molecule has 0 atom stereocenters. The summed E-state index contributed by atoms with van der Waals surface area (Å²) in [5.41, 5.74) is 4.58. The van der Waals surface area contributed by atoms with Gasteiger partial charge in [-0.2, -0.15) is 0 Å². The third-order valence-corrected chi connectivity index (χ3v) is 1.76. The molecule has 0 amide bonds. The van der Waals surface area contributed by atoms with Crippen LogP contribution in [0.4, 0.5) is 8.78 Å². The lowest BCUT2D eigenvalue weighted by atomic mass is 9.94. The van der Waals surface area contributed by atoms with E-state index in [0.29, 0.717) is 0 Å². The lowest BCUT2D eigenvalue weighted by molar-refractivity contribution is -0.0298. The van der Waals surface area contributed by atoms with Crippen LogP contribution in [-0.4, -0.2) is 10.5 Å². The quantitative estimate of drug-likeness (QED) is 0.813. The number of hydrogen-bond donors (Lipinski definition) is 1. The van der Waals surface area contributed by atoms with Crippen molar-refractivity contribution < 1.29 is 8.78 Å². The third kappa shape index (κ3) is 3.03. The lowest BCUT2D eigenvalue weighted by Crippen LogP contribution is -2.38. The number of rotatable bonds is 3. The monoisotopic (exact) mass is 200 g/mol. The largest absolute Gasteiger partial charge is 0.325 e. The van der Waals surface area contributed by atoms with Crippen LogP contribution in [0.25, 0.3) is 0 Å². The van der Waals surface area contributed by atoms with Gasteiger partial charge in [0.2, 0.25) is 0 Å². The number of nitrogens with two attached hydrogens (primary N) is 1. The maximum Gasteiger partial charge on any atom is 0.276 e. The van der Waals surface area contributed by atoms with Crippen molar-refractivity contribution in [2.45, 2.75) is 31.7 Å². The van der Waals surface area contributed by atoms with Crippen molar-refractivity contribution >= 4 is 0 Å². The second-order valence-corrected chi connectivity index (χ2v) is 4.11. The van der Waals surface area contributed by atoms with Crippen LogP contribution in [0.1, 0.15) is 25.8 Å². The topological polar surface area (TPSA) is 38.9 Å². The molecule has 2 nitrogen and oxygen atoms in total. The number of halogens is 2. The Morgan fingerprint density at radius 3 is 2.50 bits per heavy atom. The molecule has 0 aromatic carbocycles. The second-order valence-electron chi connectivity index (χ2n) is 4.11. The van der Waals surface area contributed by atoms with Crippen LogP contribution < -0.4 is 5.73 Å². The average molecular weight is 200 g/mol. The highest BCUT2D eigenvalue weighted by molar-refractivity contribution is 5.15. The maximum absolute atomic E-state index is 13.5. The first-order valence-corrected chi connectivity index (χ1v) is 4.38. The fourth-order valence-electron chi connectivity index (χ4n) is 1.25. The molecule has 0 aliphatic rings. The van der Waals surface area contributed by atoms with Crippen LogP contribution in [0.3, 0.4) is 0 Å². The predicted octanol–water partition coefficient (Wildman–Crippen LogP) is 2.30. The standard InChI is InChI=1S/C10H14F2N2/c1-9(2,13)7-10(11,12)8-4-3-5-14-6-8/h3-6H,7,13H2,1-2H3. The van der Waals surface area contributed by atoms with Crippen LogP contribution in [0.5, 0.6) is 0 Å². The first-order chi connectivity index (χ1) is 6.31. The molecule has 14 heavy (non-hydrogen) atoms.